The highest BCUT2D eigenvalue weighted by atomic mass is 32.2. The maximum Gasteiger partial charge on any atom is 0.698 e. The van der Waals surface area contributed by atoms with Gasteiger partial charge in [-0.05, 0) is 12.1 Å². The van der Waals surface area contributed by atoms with Crippen LogP contribution in [0.25, 0.3) is 0 Å². The highest BCUT2D eigenvalue weighted by molar-refractivity contribution is 7.99. The molecule has 0 heterocycles. The zero-order chi connectivity index (χ0) is 12.0. The molecule has 2 unspecified atom stereocenters. The number of hydrogen-bond donors (Lipinski definition) is 2. The van der Waals surface area contributed by atoms with Crippen molar-refractivity contribution < 1.29 is 28.0 Å². The fourth-order valence-electron chi connectivity index (χ4n) is 0.820. The lowest BCUT2D eigenvalue weighted by atomic mass is 10.4. The monoisotopic (exact) mass is 282 g/mol. The Morgan fingerprint density at radius 2 is 1.56 bits per heavy atom. The summed E-state index contributed by atoms with van der Waals surface area (Å²) in [5.41, 5.74) is -1.30. The van der Waals surface area contributed by atoms with Crippen molar-refractivity contribution in [3.63, 3.8) is 0 Å². The van der Waals surface area contributed by atoms with Crippen LogP contribution in [0, 0.1) is 0 Å². The standard InChI is InChI=1S/C7H6O6P2S/c8-14(9)12-7(13-15(10)11)16-6-4-2-1-3-5-6/h1-5,7H/p+2. The van der Waals surface area contributed by atoms with Crippen molar-refractivity contribution in [3.05, 3.63) is 30.3 Å². The quantitative estimate of drug-likeness (QED) is 0.470. The predicted molar refractivity (Wildman–Crippen MR) is 57.9 cm³/mol. The second-order valence-electron chi connectivity index (χ2n) is 2.41. The van der Waals surface area contributed by atoms with Gasteiger partial charge in [0, 0.05) is 14.0 Å². The summed E-state index contributed by atoms with van der Waals surface area (Å²) in [4.78, 5) is 17.7. The summed E-state index contributed by atoms with van der Waals surface area (Å²) < 4.78 is 29.7. The van der Waals surface area contributed by atoms with Crippen LogP contribution in [0.2, 0.25) is 0 Å². The number of rotatable bonds is 6. The number of thioether (sulfide) groups is 1. The van der Waals surface area contributed by atoms with Gasteiger partial charge in [0.15, 0.2) is 0 Å². The van der Waals surface area contributed by atoms with Crippen molar-refractivity contribution in [2.24, 2.45) is 0 Å². The van der Waals surface area contributed by atoms with E-state index >= 15 is 0 Å². The molecule has 16 heavy (non-hydrogen) atoms. The predicted octanol–water partition coefficient (Wildman–Crippen LogP) is 2.39. The Bertz CT molecular complexity index is 356. The Labute approximate surface area is 97.5 Å². The molecule has 0 aliphatic heterocycles. The third-order valence-electron chi connectivity index (χ3n) is 1.33. The van der Waals surface area contributed by atoms with Crippen molar-refractivity contribution in [3.8, 4) is 0 Å². The molecule has 2 atom stereocenters. The van der Waals surface area contributed by atoms with Crippen LogP contribution in [0.5, 0.6) is 0 Å². The van der Waals surface area contributed by atoms with Crippen molar-refractivity contribution in [1.82, 2.24) is 0 Å². The lowest BCUT2D eigenvalue weighted by Crippen LogP contribution is -2.04. The Morgan fingerprint density at radius 3 is 2.00 bits per heavy atom. The zero-order valence-corrected chi connectivity index (χ0v) is 10.4. The summed E-state index contributed by atoms with van der Waals surface area (Å²) in [6.07, 6.45) is 0. The molecule has 0 aliphatic rings. The molecule has 0 amide bonds. The Balaban J connectivity index is 2.63. The molecule has 0 saturated heterocycles. The second kappa shape index (κ2) is 7.04. The Hall–Kier alpha value is -0.390. The lowest BCUT2D eigenvalue weighted by Gasteiger charge is -2.02. The second-order valence-corrected chi connectivity index (χ2v) is 4.87. The van der Waals surface area contributed by atoms with Crippen LogP contribution >= 0.6 is 28.3 Å². The molecular weight excluding hydrogens is 274 g/mol. The van der Waals surface area contributed by atoms with E-state index in [0.717, 1.165) is 11.8 Å². The molecule has 86 valence electrons. The van der Waals surface area contributed by atoms with Crippen molar-refractivity contribution in [1.29, 1.82) is 0 Å². The van der Waals surface area contributed by atoms with Gasteiger partial charge in [-0.15, -0.1) is 9.79 Å². The van der Waals surface area contributed by atoms with Gasteiger partial charge in [0.25, 0.3) is 0 Å². The van der Waals surface area contributed by atoms with E-state index < -0.39 is 22.1 Å². The molecule has 0 fully saturated rings. The highest BCUT2D eigenvalue weighted by Crippen LogP contribution is 2.35. The maximum atomic E-state index is 10.4. The molecule has 2 N–H and O–H groups in total. The fraction of sp³-hybridized carbons (Fsp3) is 0.143. The summed E-state index contributed by atoms with van der Waals surface area (Å²) >= 11 is 0.913. The van der Waals surface area contributed by atoms with Gasteiger partial charge in [0.1, 0.15) is 0 Å². The third kappa shape index (κ3) is 5.63. The molecule has 6 nitrogen and oxygen atoms in total. The van der Waals surface area contributed by atoms with Crippen LogP contribution in [0.15, 0.2) is 35.2 Å². The molecule has 1 aromatic rings. The molecule has 0 aromatic heterocycles. The van der Waals surface area contributed by atoms with E-state index in [2.05, 4.69) is 9.05 Å². The van der Waals surface area contributed by atoms with Gasteiger partial charge in [-0.1, -0.05) is 39.0 Å². The molecule has 0 bridgehead atoms. The minimum atomic E-state index is -2.90. The van der Waals surface area contributed by atoms with Crippen LogP contribution < -0.4 is 0 Å². The fourth-order valence-corrected chi connectivity index (χ4v) is 2.59. The third-order valence-corrected chi connectivity index (χ3v) is 3.29. The summed E-state index contributed by atoms with van der Waals surface area (Å²) in [6.45, 7) is 0. The van der Waals surface area contributed by atoms with Crippen molar-refractivity contribution in [2.45, 2.75) is 10.5 Å². The van der Waals surface area contributed by atoms with Crippen LogP contribution in [-0.2, 0) is 18.2 Å². The maximum absolute atomic E-state index is 10.4. The smallest absolute Gasteiger partial charge is 0.133 e. The van der Waals surface area contributed by atoms with Gasteiger partial charge in [-0.25, -0.2) is 0 Å². The first-order valence-electron chi connectivity index (χ1n) is 3.95. The van der Waals surface area contributed by atoms with E-state index in [1.165, 1.54) is 0 Å². The van der Waals surface area contributed by atoms with Crippen LogP contribution in [0.4, 0.5) is 0 Å². The van der Waals surface area contributed by atoms with E-state index in [4.69, 9.17) is 9.79 Å². The van der Waals surface area contributed by atoms with Crippen LogP contribution in [-0.4, -0.2) is 15.4 Å². The molecule has 0 spiro atoms. The molecule has 0 saturated carbocycles. The van der Waals surface area contributed by atoms with Gasteiger partial charge in [0.2, 0.25) is 0 Å². The zero-order valence-electron chi connectivity index (χ0n) is 7.79. The van der Waals surface area contributed by atoms with Crippen molar-refractivity contribution in [2.75, 3.05) is 0 Å². The normalized spacial score (nSPS) is 14.4. The first-order chi connectivity index (χ1) is 7.58. The van der Waals surface area contributed by atoms with E-state index in [9.17, 15) is 9.13 Å². The van der Waals surface area contributed by atoms with Gasteiger partial charge in [-0.3, -0.25) is 0 Å². The molecule has 0 aliphatic carbocycles. The van der Waals surface area contributed by atoms with Crippen LogP contribution in [0.3, 0.4) is 0 Å². The van der Waals surface area contributed by atoms with E-state index in [1.807, 2.05) is 0 Å². The average molecular weight is 282 g/mol. The molecule has 1 rings (SSSR count). The molecular formula is C7H8O6P2S+2. The highest BCUT2D eigenvalue weighted by Gasteiger charge is 2.33. The molecule has 9 heteroatoms. The van der Waals surface area contributed by atoms with Crippen LogP contribution in [0.1, 0.15) is 0 Å². The van der Waals surface area contributed by atoms with Gasteiger partial charge in [0.05, 0.1) is 0 Å². The van der Waals surface area contributed by atoms with Gasteiger partial charge < -0.3 is 0 Å². The average Bonchev–Trinajstić information content (AvgIpc) is 2.16. The minimum absolute atomic E-state index is 0.682. The minimum Gasteiger partial charge on any atom is -0.133 e. The SMILES string of the molecule is O=[P+](O)OC(O[P+](=O)O)Sc1ccccc1. The van der Waals surface area contributed by atoms with Gasteiger partial charge in [-0.2, -0.15) is 0 Å². The topological polar surface area (TPSA) is 93.1 Å². The lowest BCUT2D eigenvalue weighted by molar-refractivity contribution is 0.0777. The summed E-state index contributed by atoms with van der Waals surface area (Å²) in [5.74, 6) is 0. The van der Waals surface area contributed by atoms with E-state index in [-0.39, 0.29) is 0 Å². The van der Waals surface area contributed by atoms with Gasteiger partial charge >= 0.3 is 22.1 Å². The van der Waals surface area contributed by atoms with E-state index in [1.54, 1.807) is 30.3 Å². The largest absolute Gasteiger partial charge is 0.698 e. The summed E-state index contributed by atoms with van der Waals surface area (Å²) in [6, 6.07) is 8.70. The Morgan fingerprint density at radius 1 is 1.06 bits per heavy atom. The molecule has 1 aromatic carbocycles. The number of hydrogen-bond acceptors (Lipinski definition) is 5. The van der Waals surface area contributed by atoms with E-state index in [0.29, 0.717) is 4.90 Å². The van der Waals surface area contributed by atoms with Crippen molar-refractivity contribution >= 4 is 28.3 Å². The first kappa shape index (κ1) is 13.7. The summed E-state index contributed by atoms with van der Waals surface area (Å²) in [7, 11) is -5.80. The Kier molecular flexibility index (Phi) is 6.01. The summed E-state index contributed by atoms with van der Waals surface area (Å²) in [5, 5.41) is 0. The first-order valence-corrected chi connectivity index (χ1v) is 7.09. The number of benzene rings is 1. The molecule has 0 radical (unpaired) electrons.